The molecule has 1 unspecified atom stereocenters. The van der Waals surface area contributed by atoms with Crippen molar-refractivity contribution < 1.29 is 27.0 Å². The van der Waals surface area contributed by atoms with Gasteiger partial charge in [0.15, 0.2) is 0 Å². The molecular weight excluding hydrogens is 500 g/mol. The number of nitriles is 1. The van der Waals surface area contributed by atoms with Crippen LogP contribution in [0.4, 0.5) is 8.78 Å². The van der Waals surface area contributed by atoms with E-state index >= 15 is 0 Å². The van der Waals surface area contributed by atoms with Crippen molar-refractivity contribution >= 4 is 10.0 Å². The highest BCUT2D eigenvalue weighted by molar-refractivity contribution is 7.89. The minimum Gasteiger partial charge on any atom is -0.389 e. The number of hydrogen-bond acceptors (Lipinski definition) is 6. The molecule has 1 fully saturated rings. The number of halogens is 2. The summed E-state index contributed by atoms with van der Waals surface area (Å²) < 4.78 is 60.2. The fourth-order valence-electron chi connectivity index (χ4n) is 4.29. The zero-order chi connectivity index (χ0) is 26.4. The van der Waals surface area contributed by atoms with Gasteiger partial charge in [-0.15, -0.1) is 0 Å². The van der Waals surface area contributed by atoms with Crippen LogP contribution in [-0.4, -0.2) is 68.2 Å². The minimum atomic E-state index is -3.80. The molecule has 1 saturated heterocycles. The van der Waals surface area contributed by atoms with Gasteiger partial charge in [0.05, 0.1) is 23.2 Å². The van der Waals surface area contributed by atoms with E-state index in [4.69, 9.17) is 4.74 Å². The lowest BCUT2D eigenvalue weighted by Crippen LogP contribution is -2.50. The highest BCUT2D eigenvalue weighted by Crippen LogP contribution is 2.27. The van der Waals surface area contributed by atoms with Crippen molar-refractivity contribution in [3.8, 4) is 6.07 Å². The smallest absolute Gasteiger partial charge is 0.244 e. The number of hydrogen-bond donors (Lipinski definition) is 1. The molecule has 3 aromatic rings. The zero-order valence-electron chi connectivity index (χ0n) is 20.0. The molecule has 1 N–H and O–H groups in total. The summed E-state index contributed by atoms with van der Waals surface area (Å²) in [5.74, 6) is -0.780. The Balaban J connectivity index is 1.35. The highest BCUT2D eigenvalue weighted by atomic mass is 32.2. The normalized spacial score (nSPS) is 16.0. The molecule has 0 aromatic heterocycles. The third-order valence-electron chi connectivity index (χ3n) is 6.23. The summed E-state index contributed by atoms with van der Waals surface area (Å²) >= 11 is 0. The number of rotatable bonds is 9. The Labute approximate surface area is 215 Å². The van der Waals surface area contributed by atoms with Crippen LogP contribution in [-0.2, 0) is 14.8 Å². The first-order chi connectivity index (χ1) is 17.8. The lowest BCUT2D eigenvalue weighted by Gasteiger charge is -2.35. The van der Waals surface area contributed by atoms with Crippen molar-refractivity contribution in [2.75, 3.05) is 39.3 Å². The van der Waals surface area contributed by atoms with Crippen molar-refractivity contribution in [3.63, 3.8) is 0 Å². The molecule has 4 rings (SSSR count). The molecule has 0 saturated carbocycles. The molecule has 1 aliphatic heterocycles. The Kier molecular flexibility index (Phi) is 8.63. The number of benzene rings is 3. The fourth-order valence-corrected chi connectivity index (χ4v) is 5.86. The Bertz CT molecular complexity index is 1290. The van der Waals surface area contributed by atoms with Crippen LogP contribution in [0.5, 0.6) is 0 Å². The van der Waals surface area contributed by atoms with E-state index in [0.717, 1.165) is 0 Å². The maximum Gasteiger partial charge on any atom is 0.244 e. The molecule has 0 bridgehead atoms. The van der Waals surface area contributed by atoms with Crippen LogP contribution in [0.25, 0.3) is 0 Å². The van der Waals surface area contributed by atoms with Crippen molar-refractivity contribution in [1.82, 2.24) is 9.21 Å². The fraction of sp³-hybridized carbons (Fsp3) is 0.296. The standard InChI is InChI=1S/C27H27F2N3O4S/c28-23-9-5-20(6-10-23)27(21-7-11-24(29)12-8-21)36-19-25(33)18-31-13-15-32(16-14-31)37(34,35)26-4-2-1-3-22(26)17-30/h1-12,25,27,33H,13-16,18-19H2. The average Bonchev–Trinajstić information content (AvgIpc) is 2.91. The lowest BCUT2D eigenvalue weighted by atomic mass is 10.0. The molecule has 0 spiro atoms. The largest absolute Gasteiger partial charge is 0.389 e. The van der Waals surface area contributed by atoms with Gasteiger partial charge in [0.1, 0.15) is 23.8 Å². The Hall–Kier alpha value is -3.20. The van der Waals surface area contributed by atoms with Gasteiger partial charge in [-0.05, 0) is 47.5 Å². The molecule has 0 radical (unpaired) electrons. The van der Waals surface area contributed by atoms with Crippen LogP contribution in [0.15, 0.2) is 77.7 Å². The quantitative estimate of drug-likeness (QED) is 0.459. The topological polar surface area (TPSA) is 93.9 Å². The number of nitrogens with zero attached hydrogens (tertiary/aromatic N) is 3. The summed E-state index contributed by atoms with van der Waals surface area (Å²) in [7, 11) is -3.80. The second kappa shape index (κ2) is 11.9. The molecule has 1 aliphatic rings. The van der Waals surface area contributed by atoms with Crippen molar-refractivity contribution in [2.45, 2.75) is 17.1 Å². The van der Waals surface area contributed by atoms with Gasteiger partial charge >= 0.3 is 0 Å². The minimum absolute atomic E-state index is 0.00740. The van der Waals surface area contributed by atoms with E-state index in [1.54, 1.807) is 36.4 Å². The first kappa shape index (κ1) is 26.9. The number of sulfonamides is 1. The van der Waals surface area contributed by atoms with Crippen LogP contribution in [0.1, 0.15) is 22.8 Å². The third-order valence-corrected chi connectivity index (χ3v) is 8.18. The van der Waals surface area contributed by atoms with Crippen molar-refractivity contribution in [2.24, 2.45) is 0 Å². The zero-order valence-corrected chi connectivity index (χ0v) is 20.8. The first-order valence-electron chi connectivity index (χ1n) is 11.8. The molecule has 7 nitrogen and oxygen atoms in total. The van der Waals surface area contributed by atoms with E-state index in [2.05, 4.69) is 0 Å². The average molecular weight is 528 g/mol. The number of β-amino-alcohol motifs (C(OH)–C–C–N with tert-alkyl or cyclic N) is 1. The maximum absolute atomic E-state index is 13.4. The van der Waals surface area contributed by atoms with Gasteiger partial charge in [-0.2, -0.15) is 9.57 Å². The van der Waals surface area contributed by atoms with Crippen LogP contribution < -0.4 is 0 Å². The van der Waals surface area contributed by atoms with Crippen molar-refractivity contribution in [1.29, 1.82) is 5.26 Å². The molecule has 37 heavy (non-hydrogen) atoms. The van der Waals surface area contributed by atoms with E-state index in [-0.39, 0.29) is 48.3 Å². The molecular formula is C27H27F2N3O4S. The number of aliphatic hydroxyl groups is 1. The summed E-state index contributed by atoms with van der Waals surface area (Å²) in [5.41, 5.74) is 1.43. The van der Waals surface area contributed by atoms with Gasteiger partial charge in [0.25, 0.3) is 0 Å². The lowest BCUT2D eigenvalue weighted by molar-refractivity contribution is -0.0117. The number of piperazine rings is 1. The van der Waals surface area contributed by atoms with E-state index in [0.29, 0.717) is 24.2 Å². The Morgan fingerprint density at radius 2 is 1.43 bits per heavy atom. The van der Waals surface area contributed by atoms with E-state index in [1.165, 1.54) is 40.7 Å². The Morgan fingerprint density at radius 1 is 0.892 bits per heavy atom. The second-order valence-electron chi connectivity index (χ2n) is 8.78. The summed E-state index contributed by atoms with van der Waals surface area (Å²) in [6.07, 6.45) is -1.50. The summed E-state index contributed by atoms with van der Waals surface area (Å²) in [6, 6.07) is 19.6. The van der Waals surface area contributed by atoms with Crippen LogP contribution in [0, 0.1) is 23.0 Å². The molecule has 1 atom stereocenters. The number of aliphatic hydroxyl groups excluding tert-OH is 1. The predicted molar refractivity (Wildman–Crippen MR) is 133 cm³/mol. The van der Waals surface area contributed by atoms with Gasteiger partial charge in [-0.1, -0.05) is 36.4 Å². The highest BCUT2D eigenvalue weighted by Gasteiger charge is 2.31. The molecule has 0 aliphatic carbocycles. The Morgan fingerprint density at radius 3 is 1.97 bits per heavy atom. The monoisotopic (exact) mass is 527 g/mol. The molecule has 1 heterocycles. The van der Waals surface area contributed by atoms with Gasteiger partial charge in [0.2, 0.25) is 10.0 Å². The molecule has 194 valence electrons. The summed E-state index contributed by atoms with van der Waals surface area (Å²) in [6.45, 7) is 1.50. The summed E-state index contributed by atoms with van der Waals surface area (Å²) in [4.78, 5) is 1.94. The van der Waals surface area contributed by atoms with Crippen molar-refractivity contribution in [3.05, 3.63) is 101 Å². The van der Waals surface area contributed by atoms with Crippen LogP contribution >= 0.6 is 0 Å². The molecule has 0 amide bonds. The summed E-state index contributed by atoms with van der Waals surface area (Å²) in [5, 5.41) is 19.9. The van der Waals surface area contributed by atoms with E-state index < -0.39 is 22.2 Å². The van der Waals surface area contributed by atoms with Crippen LogP contribution in [0.2, 0.25) is 0 Å². The second-order valence-corrected chi connectivity index (χ2v) is 10.7. The molecule has 10 heteroatoms. The number of ether oxygens (including phenoxy) is 1. The van der Waals surface area contributed by atoms with Gasteiger partial charge in [-0.3, -0.25) is 4.90 Å². The van der Waals surface area contributed by atoms with Gasteiger partial charge < -0.3 is 9.84 Å². The molecule has 3 aromatic carbocycles. The first-order valence-corrected chi connectivity index (χ1v) is 13.2. The van der Waals surface area contributed by atoms with Crippen LogP contribution in [0.3, 0.4) is 0 Å². The van der Waals surface area contributed by atoms with E-state index in [9.17, 15) is 27.6 Å². The van der Waals surface area contributed by atoms with Gasteiger partial charge in [-0.25, -0.2) is 17.2 Å². The SMILES string of the molecule is N#Cc1ccccc1S(=O)(=O)N1CCN(CC(O)COC(c2ccc(F)cc2)c2ccc(F)cc2)CC1. The third kappa shape index (κ3) is 6.57. The van der Waals surface area contributed by atoms with Gasteiger partial charge in [0, 0.05) is 32.7 Å². The van der Waals surface area contributed by atoms with E-state index in [1.807, 2.05) is 11.0 Å². The predicted octanol–water partition coefficient (Wildman–Crippen LogP) is 3.31. The maximum atomic E-state index is 13.4.